The lowest BCUT2D eigenvalue weighted by Crippen LogP contribution is -2.31. The van der Waals surface area contributed by atoms with E-state index in [9.17, 15) is 0 Å². The van der Waals surface area contributed by atoms with Crippen LogP contribution >= 0.6 is 0 Å². The number of fused-ring (bicyclic) bond motifs is 1. The molecule has 0 spiro atoms. The highest BCUT2D eigenvalue weighted by atomic mass is 15.2. The number of benzene rings is 1. The first-order valence-electron chi connectivity index (χ1n) is 7.13. The Bertz CT molecular complexity index is 636. The van der Waals surface area contributed by atoms with Crippen LogP contribution in [0.4, 0.5) is 11.5 Å². The molecule has 1 aliphatic heterocycles. The Morgan fingerprint density at radius 3 is 2.95 bits per heavy atom. The summed E-state index contributed by atoms with van der Waals surface area (Å²) in [6.07, 6.45) is 1.92. The largest absolute Gasteiger partial charge is 0.398 e. The minimum atomic E-state index is 0.845. The van der Waals surface area contributed by atoms with E-state index in [4.69, 9.17) is 5.73 Å². The number of nitrogens with two attached hydrogens (primary N) is 1. The average molecular weight is 268 g/mol. The van der Waals surface area contributed by atoms with Crippen molar-refractivity contribution in [2.45, 2.75) is 33.2 Å². The van der Waals surface area contributed by atoms with Crippen molar-refractivity contribution in [3.8, 4) is 0 Å². The molecule has 104 valence electrons. The molecule has 0 saturated carbocycles. The molecule has 20 heavy (non-hydrogen) atoms. The Kier molecular flexibility index (Phi) is 3.30. The van der Waals surface area contributed by atoms with Gasteiger partial charge >= 0.3 is 0 Å². The molecule has 0 radical (unpaired) electrons. The molecule has 2 heterocycles. The summed E-state index contributed by atoms with van der Waals surface area (Å²) >= 11 is 0. The molecular weight excluding hydrogens is 248 g/mol. The van der Waals surface area contributed by atoms with Crippen molar-refractivity contribution in [1.82, 2.24) is 9.97 Å². The molecule has 1 aliphatic rings. The SMILES string of the molecule is CCc1cc(N2CCc3c(N)cccc3C2)nc(C)n1. The maximum Gasteiger partial charge on any atom is 0.132 e. The lowest BCUT2D eigenvalue weighted by molar-refractivity contribution is 0.716. The van der Waals surface area contributed by atoms with Crippen LogP contribution in [0.2, 0.25) is 0 Å². The monoisotopic (exact) mass is 268 g/mol. The van der Waals surface area contributed by atoms with E-state index in [0.29, 0.717) is 0 Å². The third-order valence-electron chi connectivity index (χ3n) is 3.87. The Morgan fingerprint density at radius 2 is 2.15 bits per heavy atom. The number of nitrogens with zero attached hydrogens (tertiary/aromatic N) is 3. The van der Waals surface area contributed by atoms with Gasteiger partial charge in [0.05, 0.1) is 0 Å². The van der Waals surface area contributed by atoms with Crippen molar-refractivity contribution in [2.24, 2.45) is 0 Å². The Morgan fingerprint density at radius 1 is 1.30 bits per heavy atom. The van der Waals surface area contributed by atoms with E-state index in [0.717, 1.165) is 49.0 Å². The van der Waals surface area contributed by atoms with Gasteiger partial charge in [-0.25, -0.2) is 9.97 Å². The maximum atomic E-state index is 6.05. The van der Waals surface area contributed by atoms with E-state index in [1.807, 2.05) is 19.1 Å². The first kappa shape index (κ1) is 12.9. The van der Waals surface area contributed by atoms with Gasteiger partial charge in [0.2, 0.25) is 0 Å². The van der Waals surface area contributed by atoms with Crippen LogP contribution in [0.15, 0.2) is 24.3 Å². The number of hydrogen-bond acceptors (Lipinski definition) is 4. The van der Waals surface area contributed by atoms with E-state index in [1.54, 1.807) is 0 Å². The van der Waals surface area contributed by atoms with Gasteiger partial charge in [0.25, 0.3) is 0 Å². The third kappa shape index (κ3) is 2.33. The fraction of sp³-hybridized carbons (Fsp3) is 0.375. The van der Waals surface area contributed by atoms with E-state index in [1.165, 1.54) is 11.1 Å². The predicted octanol–water partition coefficient (Wildman–Crippen LogP) is 2.49. The van der Waals surface area contributed by atoms with Crippen LogP contribution in [-0.4, -0.2) is 16.5 Å². The lowest BCUT2D eigenvalue weighted by atomic mass is 9.98. The molecule has 0 unspecified atom stereocenters. The van der Waals surface area contributed by atoms with Gasteiger partial charge in [0.1, 0.15) is 11.6 Å². The second-order valence-corrected chi connectivity index (χ2v) is 5.27. The normalized spacial score (nSPS) is 14.2. The van der Waals surface area contributed by atoms with Crippen LogP contribution < -0.4 is 10.6 Å². The highest BCUT2D eigenvalue weighted by Gasteiger charge is 2.19. The Balaban J connectivity index is 1.92. The van der Waals surface area contributed by atoms with Gasteiger partial charge in [-0.1, -0.05) is 19.1 Å². The second kappa shape index (κ2) is 5.12. The summed E-state index contributed by atoms with van der Waals surface area (Å²) in [6, 6.07) is 8.27. The van der Waals surface area contributed by atoms with Crippen LogP contribution in [0.3, 0.4) is 0 Å². The summed E-state index contributed by atoms with van der Waals surface area (Å²) in [4.78, 5) is 11.3. The van der Waals surface area contributed by atoms with Crippen molar-refractivity contribution in [3.63, 3.8) is 0 Å². The van der Waals surface area contributed by atoms with Crippen LogP contribution in [0.1, 0.15) is 29.6 Å². The zero-order chi connectivity index (χ0) is 14.1. The number of nitrogen functional groups attached to an aromatic ring is 1. The first-order chi connectivity index (χ1) is 9.67. The van der Waals surface area contributed by atoms with Crippen LogP contribution in [0, 0.1) is 6.92 Å². The van der Waals surface area contributed by atoms with Crippen LogP contribution in [0.25, 0.3) is 0 Å². The summed E-state index contributed by atoms with van der Waals surface area (Å²) in [5.41, 5.74) is 10.7. The first-order valence-corrected chi connectivity index (χ1v) is 7.13. The number of rotatable bonds is 2. The molecule has 0 atom stereocenters. The van der Waals surface area contributed by atoms with Crippen molar-refractivity contribution in [3.05, 3.63) is 46.9 Å². The van der Waals surface area contributed by atoms with Gasteiger partial charge in [-0.2, -0.15) is 0 Å². The minimum Gasteiger partial charge on any atom is -0.398 e. The molecule has 4 heteroatoms. The molecule has 0 bridgehead atoms. The highest BCUT2D eigenvalue weighted by Crippen LogP contribution is 2.27. The van der Waals surface area contributed by atoms with E-state index < -0.39 is 0 Å². The van der Waals surface area contributed by atoms with Gasteiger partial charge in [-0.05, 0) is 37.0 Å². The van der Waals surface area contributed by atoms with Crippen LogP contribution in [0.5, 0.6) is 0 Å². The fourth-order valence-corrected chi connectivity index (χ4v) is 2.79. The molecule has 4 nitrogen and oxygen atoms in total. The van der Waals surface area contributed by atoms with Gasteiger partial charge in [-0.3, -0.25) is 0 Å². The highest BCUT2D eigenvalue weighted by molar-refractivity contribution is 5.55. The van der Waals surface area contributed by atoms with Crippen molar-refractivity contribution in [1.29, 1.82) is 0 Å². The molecule has 2 aromatic rings. The number of hydrogen-bond donors (Lipinski definition) is 1. The zero-order valence-corrected chi connectivity index (χ0v) is 12.1. The molecule has 1 aromatic heterocycles. The number of aromatic nitrogens is 2. The standard InChI is InChI=1S/C16H20N4/c1-3-13-9-16(19-11(2)18-13)20-8-7-14-12(10-20)5-4-6-15(14)17/h4-6,9H,3,7-8,10,17H2,1-2H3. The Hall–Kier alpha value is -2.10. The molecule has 1 aromatic carbocycles. The number of anilines is 2. The maximum absolute atomic E-state index is 6.05. The van der Waals surface area contributed by atoms with Crippen molar-refractivity contribution in [2.75, 3.05) is 17.2 Å². The Labute approximate surface area is 119 Å². The lowest BCUT2D eigenvalue weighted by Gasteiger charge is -2.30. The molecule has 0 amide bonds. The molecule has 0 aliphatic carbocycles. The van der Waals surface area contributed by atoms with E-state index in [2.05, 4.69) is 33.9 Å². The van der Waals surface area contributed by atoms with Gasteiger partial charge in [0, 0.05) is 30.5 Å². The predicted molar refractivity (Wildman–Crippen MR) is 81.8 cm³/mol. The number of aryl methyl sites for hydroxylation is 2. The van der Waals surface area contributed by atoms with Gasteiger partial charge in [0.15, 0.2) is 0 Å². The van der Waals surface area contributed by atoms with E-state index in [-0.39, 0.29) is 0 Å². The molecule has 3 rings (SSSR count). The van der Waals surface area contributed by atoms with Crippen molar-refractivity contribution >= 4 is 11.5 Å². The molecular formula is C16H20N4. The third-order valence-corrected chi connectivity index (χ3v) is 3.87. The zero-order valence-electron chi connectivity index (χ0n) is 12.1. The van der Waals surface area contributed by atoms with Crippen molar-refractivity contribution < 1.29 is 0 Å². The quantitative estimate of drug-likeness (QED) is 0.850. The summed E-state index contributed by atoms with van der Waals surface area (Å²) in [6.45, 7) is 5.91. The smallest absolute Gasteiger partial charge is 0.132 e. The summed E-state index contributed by atoms with van der Waals surface area (Å²) in [5.74, 6) is 1.88. The van der Waals surface area contributed by atoms with Crippen LogP contribution in [-0.2, 0) is 19.4 Å². The fourth-order valence-electron chi connectivity index (χ4n) is 2.79. The van der Waals surface area contributed by atoms with E-state index >= 15 is 0 Å². The molecule has 2 N–H and O–H groups in total. The summed E-state index contributed by atoms with van der Waals surface area (Å²) in [5, 5.41) is 0. The molecule has 0 fully saturated rings. The van der Waals surface area contributed by atoms with Gasteiger partial charge < -0.3 is 10.6 Å². The van der Waals surface area contributed by atoms with Gasteiger partial charge in [-0.15, -0.1) is 0 Å². The average Bonchev–Trinajstić information content (AvgIpc) is 2.46. The topological polar surface area (TPSA) is 55.0 Å². The minimum absolute atomic E-state index is 0.845. The summed E-state index contributed by atoms with van der Waals surface area (Å²) in [7, 11) is 0. The second-order valence-electron chi connectivity index (χ2n) is 5.27. The molecule has 0 saturated heterocycles. The summed E-state index contributed by atoms with van der Waals surface area (Å²) < 4.78 is 0.